The van der Waals surface area contributed by atoms with Crippen molar-refractivity contribution in [3.63, 3.8) is 0 Å². The minimum atomic E-state index is 1.17. The van der Waals surface area contributed by atoms with Gasteiger partial charge in [0.1, 0.15) is 0 Å². The van der Waals surface area contributed by atoms with Crippen LogP contribution in [0.5, 0.6) is 0 Å². The van der Waals surface area contributed by atoms with E-state index in [1.54, 1.807) is 0 Å². The van der Waals surface area contributed by atoms with Gasteiger partial charge in [0, 0.05) is 54.4 Å². The van der Waals surface area contributed by atoms with Gasteiger partial charge in [0.05, 0.1) is 27.6 Å². The Morgan fingerprint density at radius 3 is 1.85 bits per heavy atom. The molecule has 0 unspecified atom stereocenters. The van der Waals surface area contributed by atoms with Gasteiger partial charge in [-0.1, -0.05) is 84.9 Å². The maximum absolute atomic E-state index is 3.71. The summed E-state index contributed by atoms with van der Waals surface area (Å²) in [5.74, 6) is 0. The van der Waals surface area contributed by atoms with E-state index in [4.69, 9.17) is 0 Å². The Hall–Kier alpha value is -5.28. The van der Waals surface area contributed by atoms with Crippen LogP contribution in [0.15, 0.2) is 121 Å². The fourth-order valence-corrected chi connectivity index (χ4v) is 7.29. The standard InChI is InChI=1S/C36H21N3/c1-2-9-21(10-3-1)38-30-17-5-4-11-22(30)26-19-20-27-25-14-6-13-24-23-12-7-15-28-32(23)33-29(37-28)16-8-18-31(33)39(34(24)25)36(27)35(26)38/h1-20,37H. The molecule has 1 N–H and O–H groups in total. The van der Waals surface area contributed by atoms with Gasteiger partial charge < -0.3 is 14.0 Å². The number of para-hydroxylation sites is 3. The van der Waals surface area contributed by atoms with E-state index in [-0.39, 0.29) is 0 Å². The van der Waals surface area contributed by atoms with Gasteiger partial charge in [0.25, 0.3) is 0 Å². The van der Waals surface area contributed by atoms with Crippen molar-refractivity contribution in [2.45, 2.75) is 0 Å². The van der Waals surface area contributed by atoms with Crippen molar-refractivity contribution in [3.8, 4) is 5.69 Å². The molecule has 10 aromatic rings. The largest absolute Gasteiger partial charge is 0.354 e. The van der Waals surface area contributed by atoms with Crippen LogP contribution in [0, 0.1) is 0 Å². The number of hydrogen-bond acceptors (Lipinski definition) is 0. The van der Waals surface area contributed by atoms with Crippen molar-refractivity contribution in [1.82, 2.24) is 14.0 Å². The van der Waals surface area contributed by atoms with Gasteiger partial charge in [-0.3, -0.25) is 0 Å². The number of fused-ring (bicyclic) bond motifs is 9. The van der Waals surface area contributed by atoms with Crippen molar-refractivity contribution in [1.29, 1.82) is 0 Å². The molecule has 0 spiro atoms. The molecule has 0 bridgehead atoms. The lowest BCUT2D eigenvalue weighted by Gasteiger charge is -2.10. The maximum Gasteiger partial charge on any atom is 0.0789 e. The van der Waals surface area contributed by atoms with E-state index in [2.05, 4.69) is 135 Å². The lowest BCUT2D eigenvalue weighted by atomic mass is 10.0. The summed E-state index contributed by atoms with van der Waals surface area (Å²) in [6.45, 7) is 0. The fraction of sp³-hybridized carbons (Fsp3) is 0. The zero-order valence-electron chi connectivity index (χ0n) is 20.9. The maximum atomic E-state index is 3.71. The molecule has 0 aliphatic carbocycles. The van der Waals surface area contributed by atoms with Crippen LogP contribution in [0.1, 0.15) is 0 Å². The smallest absolute Gasteiger partial charge is 0.0789 e. The molecule has 0 aliphatic heterocycles. The molecule has 0 radical (unpaired) electrons. The minimum absolute atomic E-state index is 1.17. The average molecular weight is 496 g/mol. The van der Waals surface area contributed by atoms with Gasteiger partial charge in [-0.2, -0.15) is 0 Å². The first-order valence-corrected chi connectivity index (χ1v) is 13.5. The summed E-state index contributed by atoms with van der Waals surface area (Å²) in [4.78, 5) is 3.71. The van der Waals surface area contributed by atoms with Gasteiger partial charge in [-0.15, -0.1) is 0 Å². The first kappa shape index (κ1) is 19.8. The van der Waals surface area contributed by atoms with Gasteiger partial charge >= 0.3 is 0 Å². The molecular weight excluding hydrogens is 474 g/mol. The highest BCUT2D eigenvalue weighted by Gasteiger charge is 2.23. The minimum Gasteiger partial charge on any atom is -0.354 e. The average Bonchev–Trinajstić information content (AvgIpc) is 3.62. The van der Waals surface area contributed by atoms with Crippen molar-refractivity contribution in [2.75, 3.05) is 0 Å². The number of aromatic nitrogens is 3. The molecule has 10 rings (SSSR count). The number of rotatable bonds is 1. The third-order valence-electron chi connectivity index (χ3n) is 8.76. The van der Waals surface area contributed by atoms with Gasteiger partial charge in [0.15, 0.2) is 0 Å². The second kappa shape index (κ2) is 6.77. The van der Waals surface area contributed by atoms with Crippen LogP contribution in [0.25, 0.3) is 87.4 Å². The Kier molecular flexibility index (Phi) is 3.44. The van der Waals surface area contributed by atoms with Crippen LogP contribution >= 0.6 is 0 Å². The van der Waals surface area contributed by atoms with E-state index >= 15 is 0 Å². The van der Waals surface area contributed by atoms with Crippen molar-refractivity contribution in [2.24, 2.45) is 0 Å². The lowest BCUT2D eigenvalue weighted by Crippen LogP contribution is -1.95. The predicted octanol–water partition coefficient (Wildman–Crippen LogP) is 9.57. The van der Waals surface area contributed by atoms with E-state index in [0.29, 0.717) is 0 Å². The Balaban J connectivity index is 1.63. The fourth-order valence-electron chi connectivity index (χ4n) is 7.29. The first-order chi connectivity index (χ1) is 19.4. The van der Waals surface area contributed by atoms with Crippen LogP contribution in [0.2, 0.25) is 0 Å². The number of nitrogens with zero attached hydrogens (tertiary/aromatic N) is 2. The van der Waals surface area contributed by atoms with Crippen LogP contribution in [-0.4, -0.2) is 14.0 Å². The molecule has 180 valence electrons. The number of benzene rings is 6. The highest BCUT2D eigenvalue weighted by molar-refractivity contribution is 6.33. The lowest BCUT2D eigenvalue weighted by molar-refractivity contribution is 1.18. The Morgan fingerprint density at radius 1 is 0.385 bits per heavy atom. The van der Waals surface area contributed by atoms with E-state index in [1.165, 1.54) is 87.4 Å². The molecule has 6 aromatic carbocycles. The quantitative estimate of drug-likeness (QED) is 0.235. The van der Waals surface area contributed by atoms with Crippen molar-refractivity contribution < 1.29 is 0 Å². The molecule has 0 saturated carbocycles. The third-order valence-corrected chi connectivity index (χ3v) is 8.76. The number of nitrogens with one attached hydrogen (secondary N) is 1. The predicted molar refractivity (Wildman–Crippen MR) is 165 cm³/mol. The summed E-state index contributed by atoms with van der Waals surface area (Å²) in [5.41, 5.74) is 9.77. The molecular formula is C36H21N3. The molecule has 39 heavy (non-hydrogen) atoms. The highest BCUT2D eigenvalue weighted by Crippen LogP contribution is 2.45. The summed E-state index contributed by atoms with van der Waals surface area (Å²) >= 11 is 0. The third kappa shape index (κ3) is 2.27. The second-order valence-corrected chi connectivity index (χ2v) is 10.6. The molecule has 0 fully saturated rings. The van der Waals surface area contributed by atoms with E-state index in [9.17, 15) is 0 Å². The first-order valence-electron chi connectivity index (χ1n) is 13.5. The van der Waals surface area contributed by atoms with Crippen molar-refractivity contribution >= 4 is 81.7 Å². The number of aromatic amines is 1. The zero-order valence-corrected chi connectivity index (χ0v) is 20.9. The SMILES string of the molecule is c1ccc(-n2c3ccccc3c3ccc4c5cccc6c7cccc8[nH]c9cccc(c9c87)n(c65)c4c32)cc1. The summed E-state index contributed by atoms with van der Waals surface area (Å²) in [7, 11) is 0. The molecule has 3 nitrogen and oxygen atoms in total. The molecule has 0 amide bonds. The number of hydrogen-bond donors (Lipinski definition) is 1. The van der Waals surface area contributed by atoms with Crippen LogP contribution in [0.4, 0.5) is 0 Å². The summed E-state index contributed by atoms with van der Waals surface area (Å²) in [6, 6.07) is 44.4. The second-order valence-electron chi connectivity index (χ2n) is 10.6. The molecule has 0 aliphatic rings. The summed E-state index contributed by atoms with van der Waals surface area (Å²) in [5, 5.41) is 10.3. The molecule has 3 heteroatoms. The molecule has 0 saturated heterocycles. The Bertz CT molecular complexity index is 2590. The molecule has 0 atom stereocenters. The Labute approximate surface area is 222 Å². The van der Waals surface area contributed by atoms with Crippen LogP contribution in [0.3, 0.4) is 0 Å². The van der Waals surface area contributed by atoms with E-state index in [1.807, 2.05) is 0 Å². The Morgan fingerprint density at radius 2 is 0.974 bits per heavy atom. The zero-order chi connectivity index (χ0) is 25.2. The monoisotopic (exact) mass is 495 g/mol. The van der Waals surface area contributed by atoms with Crippen LogP contribution in [-0.2, 0) is 0 Å². The van der Waals surface area contributed by atoms with E-state index in [0.717, 1.165) is 0 Å². The molecule has 4 aromatic heterocycles. The van der Waals surface area contributed by atoms with Crippen molar-refractivity contribution in [3.05, 3.63) is 121 Å². The van der Waals surface area contributed by atoms with Gasteiger partial charge in [-0.05, 0) is 41.8 Å². The topological polar surface area (TPSA) is 25.1 Å². The summed E-state index contributed by atoms with van der Waals surface area (Å²) < 4.78 is 5.01. The van der Waals surface area contributed by atoms with Crippen LogP contribution < -0.4 is 0 Å². The molecule has 4 heterocycles. The van der Waals surface area contributed by atoms with Gasteiger partial charge in [-0.25, -0.2) is 0 Å². The highest BCUT2D eigenvalue weighted by atomic mass is 15.0. The normalized spacial score (nSPS) is 12.6. The van der Waals surface area contributed by atoms with E-state index < -0.39 is 0 Å². The van der Waals surface area contributed by atoms with Gasteiger partial charge in [0.2, 0.25) is 0 Å². The summed E-state index contributed by atoms with van der Waals surface area (Å²) in [6.07, 6.45) is 0. The number of H-pyrrole nitrogens is 1.